The van der Waals surface area contributed by atoms with E-state index in [9.17, 15) is 9.59 Å². The molecule has 1 heterocycles. The molecule has 6 nitrogen and oxygen atoms in total. The van der Waals surface area contributed by atoms with Crippen LogP contribution in [0.4, 0.5) is 0 Å². The van der Waals surface area contributed by atoms with Gasteiger partial charge in [0.25, 0.3) is 5.91 Å². The Bertz CT molecular complexity index is 384. The molecule has 1 rings (SSSR count). The van der Waals surface area contributed by atoms with E-state index < -0.39 is 11.9 Å². The average molecular weight is 212 g/mol. The molecule has 0 aliphatic rings. The lowest BCUT2D eigenvalue weighted by molar-refractivity contribution is 0.0879. The Morgan fingerprint density at radius 2 is 2.13 bits per heavy atom. The fourth-order valence-electron chi connectivity index (χ4n) is 1.00. The third-order valence-corrected chi connectivity index (χ3v) is 1.81. The first kappa shape index (κ1) is 11.4. The van der Waals surface area contributed by atoms with Gasteiger partial charge in [0.2, 0.25) is 5.56 Å². The van der Waals surface area contributed by atoms with Crippen LogP contribution in [-0.2, 0) is 0 Å². The van der Waals surface area contributed by atoms with Crippen LogP contribution in [0.2, 0.25) is 0 Å². The smallest absolute Gasteiger partial charge is 0.251 e. The van der Waals surface area contributed by atoms with Crippen LogP contribution in [-0.4, -0.2) is 40.4 Å². The van der Waals surface area contributed by atoms with E-state index in [0.717, 1.165) is 6.07 Å². The molecule has 0 spiro atoms. The molecule has 0 bridgehead atoms. The summed E-state index contributed by atoms with van der Waals surface area (Å²) in [5.74, 6) is -0.505. The number of hydrogen-bond donors (Lipinski definition) is 4. The molecular formula is C9H12N2O4. The standard InChI is InChI=1S/C9H12N2O4/c12-4-7(5-13)11-9(15)6-1-2-10-8(14)3-6/h1-3,7,12-13H,4-5H2,(H,10,14)(H,11,15). The number of aromatic amines is 1. The Kier molecular flexibility index (Phi) is 4.02. The zero-order valence-electron chi connectivity index (χ0n) is 7.93. The summed E-state index contributed by atoms with van der Waals surface area (Å²) in [4.78, 5) is 24.7. The van der Waals surface area contributed by atoms with E-state index in [1.54, 1.807) is 0 Å². The normalized spacial score (nSPS) is 10.3. The van der Waals surface area contributed by atoms with Crippen LogP contribution in [0.15, 0.2) is 23.1 Å². The molecule has 0 unspecified atom stereocenters. The molecule has 15 heavy (non-hydrogen) atoms. The van der Waals surface area contributed by atoms with E-state index in [2.05, 4.69) is 10.3 Å². The van der Waals surface area contributed by atoms with Gasteiger partial charge in [-0.3, -0.25) is 9.59 Å². The highest BCUT2D eigenvalue weighted by molar-refractivity contribution is 5.94. The molecule has 1 aromatic heterocycles. The summed E-state index contributed by atoms with van der Waals surface area (Å²) < 4.78 is 0. The number of carbonyl (C=O) groups excluding carboxylic acids is 1. The first-order chi connectivity index (χ1) is 7.17. The number of nitrogens with one attached hydrogen (secondary N) is 2. The molecule has 1 aromatic rings. The van der Waals surface area contributed by atoms with E-state index in [-0.39, 0.29) is 24.3 Å². The predicted octanol–water partition coefficient (Wildman–Crippen LogP) is -1.54. The van der Waals surface area contributed by atoms with Gasteiger partial charge >= 0.3 is 0 Å². The van der Waals surface area contributed by atoms with Gasteiger partial charge in [0, 0.05) is 17.8 Å². The predicted molar refractivity (Wildman–Crippen MR) is 52.5 cm³/mol. The van der Waals surface area contributed by atoms with Crippen molar-refractivity contribution >= 4 is 5.91 Å². The van der Waals surface area contributed by atoms with Crippen molar-refractivity contribution in [3.63, 3.8) is 0 Å². The van der Waals surface area contributed by atoms with Crippen molar-refractivity contribution in [2.75, 3.05) is 13.2 Å². The van der Waals surface area contributed by atoms with Crippen molar-refractivity contribution < 1.29 is 15.0 Å². The highest BCUT2D eigenvalue weighted by atomic mass is 16.3. The lowest BCUT2D eigenvalue weighted by Gasteiger charge is -2.12. The zero-order chi connectivity index (χ0) is 11.3. The molecular weight excluding hydrogens is 200 g/mol. The number of H-pyrrole nitrogens is 1. The number of carbonyl (C=O) groups is 1. The Labute approximate surface area is 85.6 Å². The largest absolute Gasteiger partial charge is 0.394 e. The number of hydrogen-bond acceptors (Lipinski definition) is 4. The van der Waals surface area contributed by atoms with Crippen LogP contribution in [0.5, 0.6) is 0 Å². The molecule has 1 amide bonds. The number of aliphatic hydroxyl groups is 2. The minimum Gasteiger partial charge on any atom is -0.394 e. The van der Waals surface area contributed by atoms with Crippen LogP contribution in [0.25, 0.3) is 0 Å². The first-order valence-electron chi connectivity index (χ1n) is 4.38. The van der Waals surface area contributed by atoms with Crippen molar-refractivity contribution in [2.45, 2.75) is 6.04 Å². The second kappa shape index (κ2) is 5.28. The van der Waals surface area contributed by atoms with Gasteiger partial charge in [-0.05, 0) is 6.07 Å². The Hall–Kier alpha value is -1.66. The van der Waals surface area contributed by atoms with Crippen molar-refractivity contribution in [3.8, 4) is 0 Å². The van der Waals surface area contributed by atoms with E-state index in [1.165, 1.54) is 12.3 Å². The number of aliphatic hydroxyl groups excluding tert-OH is 2. The molecule has 0 fully saturated rings. The molecule has 0 radical (unpaired) electrons. The summed E-state index contributed by atoms with van der Waals surface area (Å²) in [7, 11) is 0. The maximum absolute atomic E-state index is 11.4. The van der Waals surface area contributed by atoms with Crippen molar-refractivity contribution in [3.05, 3.63) is 34.2 Å². The summed E-state index contributed by atoms with van der Waals surface area (Å²) in [6.45, 7) is -0.711. The SMILES string of the molecule is O=C(NC(CO)CO)c1cc[nH]c(=O)c1. The zero-order valence-corrected chi connectivity index (χ0v) is 7.93. The van der Waals surface area contributed by atoms with Crippen LogP contribution in [0.3, 0.4) is 0 Å². The Balaban J connectivity index is 2.73. The van der Waals surface area contributed by atoms with E-state index in [4.69, 9.17) is 10.2 Å². The summed E-state index contributed by atoms with van der Waals surface area (Å²) in [5.41, 5.74) is -0.196. The monoisotopic (exact) mass is 212 g/mol. The van der Waals surface area contributed by atoms with Crippen molar-refractivity contribution in [1.29, 1.82) is 0 Å². The minimum absolute atomic E-state index is 0.186. The fourth-order valence-corrected chi connectivity index (χ4v) is 1.00. The van der Waals surface area contributed by atoms with Gasteiger partial charge in [0.15, 0.2) is 0 Å². The minimum atomic E-state index is -0.711. The average Bonchev–Trinajstić information content (AvgIpc) is 2.25. The number of amides is 1. The number of rotatable bonds is 4. The van der Waals surface area contributed by atoms with Crippen LogP contribution >= 0.6 is 0 Å². The maximum Gasteiger partial charge on any atom is 0.251 e. The lowest BCUT2D eigenvalue weighted by atomic mass is 10.2. The second-order valence-electron chi connectivity index (χ2n) is 2.98. The van der Waals surface area contributed by atoms with Crippen LogP contribution < -0.4 is 10.9 Å². The maximum atomic E-state index is 11.4. The van der Waals surface area contributed by atoms with Gasteiger partial charge in [-0.15, -0.1) is 0 Å². The molecule has 0 aliphatic carbocycles. The lowest BCUT2D eigenvalue weighted by Crippen LogP contribution is -2.40. The third kappa shape index (κ3) is 3.19. The van der Waals surface area contributed by atoms with Crippen molar-refractivity contribution in [2.24, 2.45) is 0 Å². The highest BCUT2D eigenvalue weighted by Gasteiger charge is 2.11. The van der Waals surface area contributed by atoms with Gasteiger partial charge < -0.3 is 20.5 Å². The number of pyridine rings is 1. The van der Waals surface area contributed by atoms with Gasteiger partial charge in [0.1, 0.15) is 0 Å². The van der Waals surface area contributed by atoms with Crippen LogP contribution in [0, 0.1) is 0 Å². The van der Waals surface area contributed by atoms with E-state index in [0.29, 0.717) is 0 Å². The van der Waals surface area contributed by atoms with Crippen LogP contribution in [0.1, 0.15) is 10.4 Å². The summed E-state index contributed by atoms with van der Waals surface area (Å²) in [6, 6.07) is 1.86. The second-order valence-corrected chi connectivity index (χ2v) is 2.98. The van der Waals surface area contributed by atoms with E-state index >= 15 is 0 Å². The van der Waals surface area contributed by atoms with Gasteiger partial charge in [-0.25, -0.2) is 0 Å². The molecule has 0 saturated heterocycles. The van der Waals surface area contributed by atoms with Gasteiger partial charge in [0.05, 0.1) is 19.3 Å². The Morgan fingerprint density at radius 3 is 2.67 bits per heavy atom. The molecule has 0 saturated carbocycles. The molecule has 4 N–H and O–H groups in total. The fraction of sp³-hybridized carbons (Fsp3) is 0.333. The Morgan fingerprint density at radius 1 is 1.47 bits per heavy atom. The molecule has 6 heteroatoms. The third-order valence-electron chi connectivity index (χ3n) is 1.81. The summed E-state index contributed by atoms with van der Waals surface area (Å²) in [5, 5.41) is 19.8. The topological polar surface area (TPSA) is 102 Å². The van der Waals surface area contributed by atoms with E-state index in [1.807, 2.05) is 0 Å². The molecule has 0 atom stereocenters. The first-order valence-corrected chi connectivity index (χ1v) is 4.38. The highest BCUT2D eigenvalue weighted by Crippen LogP contribution is 1.93. The number of aromatic nitrogens is 1. The molecule has 82 valence electrons. The quantitative estimate of drug-likeness (QED) is 0.485. The molecule has 0 aliphatic heterocycles. The molecule has 0 aromatic carbocycles. The van der Waals surface area contributed by atoms with Gasteiger partial charge in [-0.2, -0.15) is 0 Å². The summed E-state index contributed by atoms with van der Waals surface area (Å²) >= 11 is 0. The van der Waals surface area contributed by atoms with Crippen molar-refractivity contribution in [1.82, 2.24) is 10.3 Å². The summed E-state index contributed by atoms with van der Waals surface area (Å²) in [6.07, 6.45) is 1.35. The van der Waals surface area contributed by atoms with Gasteiger partial charge in [-0.1, -0.05) is 0 Å².